The molecule has 2 heterocycles. The van der Waals surface area contributed by atoms with Crippen LogP contribution in [0.4, 0.5) is 5.82 Å². The number of anilines is 1. The number of hydrogen-bond acceptors (Lipinski definition) is 4. The van der Waals surface area contributed by atoms with Crippen LogP contribution in [0.5, 0.6) is 0 Å². The maximum atomic E-state index is 5.99. The van der Waals surface area contributed by atoms with Crippen molar-refractivity contribution in [3.63, 3.8) is 0 Å². The van der Waals surface area contributed by atoms with Crippen LogP contribution < -0.4 is 11.2 Å². The lowest BCUT2D eigenvalue weighted by molar-refractivity contribution is 0.862. The predicted octanol–water partition coefficient (Wildman–Crippen LogP) is 1.99. The van der Waals surface area contributed by atoms with Gasteiger partial charge in [-0.3, -0.25) is 0 Å². The van der Waals surface area contributed by atoms with Crippen molar-refractivity contribution in [1.29, 1.82) is 0 Å². The zero-order valence-corrected chi connectivity index (χ0v) is 13.0. The number of nitrogens with two attached hydrogens (primary N) is 1. The molecule has 3 N–H and O–H groups in total. The predicted molar refractivity (Wildman–Crippen MR) is 82.2 cm³/mol. The number of aryl methyl sites for hydroxylation is 1. The largest absolute Gasteiger partial charge is 0.382 e. The highest BCUT2D eigenvalue weighted by Crippen LogP contribution is 2.15. The third-order valence-corrected chi connectivity index (χ3v) is 4.57. The van der Waals surface area contributed by atoms with Crippen LogP contribution in [0.1, 0.15) is 19.2 Å². The van der Waals surface area contributed by atoms with Gasteiger partial charge in [0.25, 0.3) is 0 Å². The zero-order valence-electron chi connectivity index (χ0n) is 12.0. The molecule has 0 fully saturated rings. The Balaban J connectivity index is 2.42. The summed E-state index contributed by atoms with van der Waals surface area (Å²) in [5.41, 5.74) is 9.57. The van der Waals surface area contributed by atoms with Gasteiger partial charge in [-0.15, -0.1) is 6.58 Å². The normalized spacial score (nSPS) is 12.0. The third-order valence-electron chi connectivity index (χ3n) is 2.91. The van der Waals surface area contributed by atoms with E-state index < -0.39 is 8.07 Å². The van der Waals surface area contributed by atoms with Crippen molar-refractivity contribution < 1.29 is 0 Å². The number of nitrogen functional groups attached to an aromatic ring is 1. The Kier molecular flexibility index (Phi) is 3.45. The topological polar surface area (TPSA) is 80.5 Å². The minimum absolute atomic E-state index is 0.485. The first-order chi connectivity index (χ1) is 8.77. The Morgan fingerprint density at radius 2 is 1.95 bits per heavy atom. The molecule has 0 atom stereocenters. The fraction of sp³-hybridized carbons (Fsp3) is 0.462. The van der Waals surface area contributed by atoms with Crippen molar-refractivity contribution in [2.24, 2.45) is 0 Å². The molecule has 2 aromatic heterocycles. The Morgan fingerprint density at radius 3 is 2.53 bits per heavy atom. The Morgan fingerprint density at radius 1 is 1.26 bits per heavy atom. The van der Waals surface area contributed by atoms with Gasteiger partial charge in [0.15, 0.2) is 11.5 Å². The molecule has 6 heteroatoms. The first kappa shape index (κ1) is 13.7. The summed E-state index contributed by atoms with van der Waals surface area (Å²) in [7, 11) is -1.50. The summed E-state index contributed by atoms with van der Waals surface area (Å²) < 4.78 is 0. The first-order valence-electron chi connectivity index (χ1n) is 6.44. The van der Waals surface area contributed by atoms with Crippen LogP contribution in [0.3, 0.4) is 0 Å². The number of nitrogens with zero attached hydrogens (tertiary/aromatic N) is 3. The van der Waals surface area contributed by atoms with Crippen LogP contribution >= 0.6 is 0 Å². The second kappa shape index (κ2) is 4.77. The summed E-state index contributed by atoms with van der Waals surface area (Å²) in [5.74, 6) is 1.22. The molecule has 2 aromatic rings. The van der Waals surface area contributed by atoms with Gasteiger partial charge >= 0.3 is 0 Å². The summed E-state index contributed by atoms with van der Waals surface area (Å²) >= 11 is 0. The van der Waals surface area contributed by atoms with Gasteiger partial charge in [0.2, 0.25) is 0 Å². The Hall–Kier alpha value is -1.69. The number of allylic oxidation sites excluding steroid dienone is 1. The van der Waals surface area contributed by atoms with E-state index in [2.05, 4.69) is 46.2 Å². The Bertz CT molecular complexity index is 624. The number of fused-ring (bicyclic) bond motifs is 1. The number of H-pyrrole nitrogens is 1. The fourth-order valence-corrected chi connectivity index (χ4v) is 2.70. The monoisotopic (exact) mass is 275 g/mol. The SMILES string of the molecule is C=C(C)CCc1nc(N)c2[nH]c([Si](C)(C)C)nc2n1. The summed E-state index contributed by atoms with van der Waals surface area (Å²) in [6.45, 7) is 12.6. The lowest BCUT2D eigenvalue weighted by Crippen LogP contribution is -2.40. The Labute approximate surface area is 114 Å². The average Bonchev–Trinajstić information content (AvgIpc) is 2.70. The van der Waals surface area contributed by atoms with Gasteiger partial charge in [-0.1, -0.05) is 25.2 Å². The van der Waals surface area contributed by atoms with E-state index in [0.29, 0.717) is 11.5 Å². The second-order valence-electron chi connectivity index (χ2n) is 6.02. The molecule has 0 bridgehead atoms. The second-order valence-corrected chi connectivity index (χ2v) is 11.0. The van der Waals surface area contributed by atoms with Gasteiger partial charge in [0.05, 0.1) is 5.45 Å². The van der Waals surface area contributed by atoms with Crippen molar-refractivity contribution in [3.8, 4) is 0 Å². The highest BCUT2D eigenvalue weighted by molar-refractivity contribution is 6.87. The molecule has 2 rings (SSSR count). The summed E-state index contributed by atoms with van der Waals surface area (Å²) in [6, 6.07) is 0. The molecule has 0 spiro atoms. The fourth-order valence-electron chi connectivity index (χ4n) is 1.76. The number of hydrogen-bond donors (Lipinski definition) is 2. The molecule has 0 saturated heterocycles. The molecule has 0 aliphatic rings. The van der Waals surface area contributed by atoms with E-state index in [1.165, 1.54) is 0 Å². The van der Waals surface area contributed by atoms with Gasteiger partial charge in [-0.25, -0.2) is 15.0 Å². The van der Waals surface area contributed by atoms with Gasteiger partial charge in [0.1, 0.15) is 19.4 Å². The number of nitrogens with one attached hydrogen (secondary N) is 1. The highest BCUT2D eigenvalue weighted by atomic mass is 28.3. The van der Waals surface area contributed by atoms with E-state index in [0.717, 1.165) is 35.2 Å². The number of aromatic amines is 1. The van der Waals surface area contributed by atoms with E-state index in [-0.39, 0.29) is 0 Å². The minimum atomic E-state index is -1.50. The van der Waals surface area contributed by atoms with Crippen molar-refractivity contribution in [3.05, 3.63) is 18.0 Å². The summed E-state index contributed by atoms with van der Waals surface area (Å²) in [4.78, 5) is 16.7. The maximum Gasteiger partial charge on any atom is 0.182 e. The lowest BCUT2D eigenvalue weighted by Gasteiger charge is -2.10. The van der Waals surface area contributed by atoms with E-state index in [1.54, 1.807) is 0 Å². The van der Waals surface area contributed by atoms with Gasteiger partial charge in [-0.2, -0.15) is 0 Å². The van der Waals surface area contributed by atoms with Crippen molar-refractivity contribution >= 4 is 30.5 Å². The van der Waals surface area contributed by atoms with Crippen LogP contribution in [0.2, 0.25) is 19.6 Å². The molecule has 5 nitrogen and oxygen atoms in total. The van der Waals surface area contributed by atoms with Crippen LogP contribution in [0.25, 0.3) is 11.2 Å². The molecule has 0 radical (unpaired) electrons. The minimum Gasteiger partial charge on any atom is -0.382 e. The van der Waals surface area contributed by atoms with Crippen LogP contribution in [-0.4, -0.2) is 28.0 Å². The quantitative estimate of drug-likeness (QED) is 0.660. The lowest BCUT2D eigenvalue weighted by atomic mass is 10.2. The van der Waals surface area contributed by atoms with Crippen LogP contribution in [0, 0.1) is 0 Å². The molecule has 0 saturated carbocycles. The van der Waals surface area contributed by atoms with Gasteiger partial charge in [0, 0.05) is 6.42 Å². The van der Waals surface area contributed by atoms with Crippen LogP contribution in [0.15, 0.2) is 12.2 Å². The molecule has 0 aliphatic heterocycles. The number of rotatable bonds is 4. The standard InChI is InChI=1S/C13H21N5Si/c1-8(2)6-7-9-15-11(14)10-12(16-9)18-13(17-10)19(3,4)5/h1,6-7H2,2-5H3,(H3,14,15,16,17,18). The van der Waals surface area contributed by atoms with E-state index in [4.69, 9.17) is 5.73 Å². The molecular formula is C13H21N5Si. The summed E-state index contributed by atoms with van der Waals surface area (Å²) in [5, 5.41) is 0. The molecule has 19 heavy (non-hydrogen) atoms. The van der Waals surface area contributed by atoms with Crippen molar-refractivity contribution in [2.75, 3.05) is 5.73 Å². The van der Waals surface area contributed by atoms with Gasteiger partial charge in [-0.05, 0) is 13.3 Å². The number of aromatic nitrogens is 4. The van der Waals surface area contributed by atoms with Gasteiger partial charge < -0.3 is 10.7 Å². The van der Waals surface area contributed by atoms with Crippen molar-refractivity contribution in [1.82, 2.24) is 19.9 Å². The number of imidazole rings is 1. The summed E-state index contributed by atoms with van der Waals surface area (Å²) in [6.07, 6.45) is 1.63. The van der Waals surface area contributed by atoms with E-state index in [9.17, 15) is 0 Å². The molecule has 0 aliphatic carbocycles. The average molecular weight is 275 g/mol. The molecule has 0 aromatic carbocycles. The zero-order chi connectivity index (χ0) is 14.2. The molecule has 0 amide bonds. The first-order valence-corrected chi connectivity index (χ1v) is 9.94. The highest BCUT2D eigenvalue weighted by Gasteiger charge is 2.22. The molecule has 102 valence electrons. The van der Waals surface area contributed by atoms with Crippen molar-refractivity contribution in [2.45, 2.75) is 39.4 Å². The molecule has 0 unspecified atom stereocenters. The van der Waals surface area contributed by atoms with E-state index >= 15 is 0 Å². The van der Waals surface area contributed by atoms with E-state index in [1.807, 2.05) is 6.92 Å². The van der Waals surface area contributed by atoms with Crippen LogP contribution in [-0.2, 0) is 6.42 Å². The third kappa shape index (κ3) is 3.01. The molecular weight excluding hydrogens is 254 g/mol. The maximum absolute atomic E-state index is 5.99. The smallest absolute Gasteiger partial charge is 0.182 e.